The number of H-pyrrole nitrogens is 1. The molecule has 2 nitrogen and oxygen atoms in total. The molecular weight excluding hydrogens is 451 g/mol. The fourth-order valence-corrected chi connectivity index (χ4v) is 3.79. The highest BCUT2D eigenvalue weighted by molar-refractivity contribution is 14.1. The van der Waals surface area contributed by atoms with Crippen molar-refractivity contribution in [1.82, 2.24) is 4.98 Å². The van der Waals surface area contributed by atoms with Gasteiger partial charge in [-0.2, -0.15) is 0 Å². The molecule has 0 bridgehead atoms. The van der Waals surface area contributed by atoms with Crippen LogP contribution in [0.1, 0.15) is 18.4 Å². The molecule has 2 aromatic carbocycles. The average molecular weight is 469 g/mol. The van der Waals surface area contributed by atoms with Crippen LogP contribution >= 0.6 is 38.5 Å². The summed E-state index contributed by atoms with van der Waals surface area (Å²) in [7, 11) is 0. The summed E-state index contributed by atoms with van der Waals surface area (Å²) in [4.78, 5) is 3.61. The van der Waals surface area contributed by atoms with Gasteiger partial charge in [-0.05, 0) is 78.2 Å². The first-order chi connectivity index (χ1) is 10.7. The Kier molecular flexibility index (Phi) is 5.21. The Morgan fingerprint density at radius 1 is 1.09 bits per heavy atom. The first-order valence-corrected chi connectivity index (χ1v) is 9.33. The average Bonchev–Trinajstić information content (AvgIpc) is 2.86. The third-order valence-corrected chi connectivity index (χ3v) is 5.25. The molecule has 0 radical (unpaired) electrons. The summed E-state index contributed by atoms with van der Waals surface area (Å²) in [5.41, 5.74) is 10.7. The maximum absolute atomic E-state index is 5.66. The topological polar surface area (TPSA) is 41.8 Å². The molecule has 0 fully saturated rings. The third-order valence-electron chi connectivity index (χ3n) is 3.89. The van der Waals surface area contributed by atoms with Gasteiger partial charge in [0.15, 0.2) is 0 Å². The van der Waals surface area contributed by atoms with Crippen LogP contribution in [0.3, 0.4) is 0 Å². The molecule has 0 aliphatic heterocycles. The summed E-state index contributed by atoms with van der Waals surface area (Å²) in [6.45, 7) is 0.754. The van der Waals surface area contributed by atoms with E-state index < -0.39 is 0 Å². The first-order valence-electron chi connectivity index (χ1n) is 7.46. The van der Waals surface area contributed by atoms with E-state index in [1.54, 1.807) is 0 Å². The van der Waals surface area contributed by atoms with Crippen LogP contribution in [0.25, 0.3) is 22.2 Å². The third kappa shape index (κ3) is 3.24. The molecule has 4 heteroatoms. The van der Waals surface area contributed by atoms with Crippen molar-refractivity contribution >= 4 is 49.4 Å². The minimum atomic E-state index is 0.754. The first kappa shape index (κ1) is 16.0. The molecule has 0 amide bonds. The molecule has 1 aromatic heterocycles. The highest BCUT2D eigenvalue weighted by Gasteiger charge is 2.15. The Balaban J connectivity index is 2.15. The molecule has 0 aliphatic rings. The van der Waals surface area contributed by atoms with Gasteiger partial charge in [0.05, 0.1) is 5.69 Å². The number of aromatic amines is 1. The number of aromatic nitrogens is 1. The van der Waals surface area contributed by atoms with Gasteiger partial charge < -0.3 is 10.7 Å². The van der Waals surface area contributed by atoms with Crippen molar-refractivity contribution in [2.75, 3.05) is 6.54 Å². The maximum atomic E-state index is 5.66. The lowest BCUT2D eigenvalue weighted by molar-refractivity contribution is 0.748. The van der Waals surface area contributed by atoms with Gasteiger partial charge in [-0.15, -0.1) is 0 Å². The number of hydrogen-bond acceptors (Lipinski definition) is 1. The second kappa shape index (κ2) is 7.15. The van der Waals surface area contributed by atoms with Gasteiger partial charge in [0.1, 0.15) is 0 Å². The van der Waals surface area contributed by atoms with Gasteiger partial charge in [0, 0.05) is 24.5 Å². The van der Waals surface area contributed by atoms with Crippen molar-refractivity contribution in [3.8, 4) is 11.3 Å². The van der Waals surface area contributed by atoms with Crippen LogP contribution in [0.4, 0.5) is 0 Å². The molecule has 0 spiro atoms. The van der Waals surface area contributed by atoms with Crippen molar-refractivity contribution in [1.29, 1.82) is 0 Å². The summed E-state index contributed by atoms with van der Waals surface area (Å²) in [6.07, 6.45) is 3.23. The lowest BCUT2D eigenvalue weighted by Gasteiger charge is -2.07. The minimum Gasteiger partial charge on any atom is -0.354 e. The van der Waals surface area contributed by atoms with E-state index >= 15 is 0 Å². The van der Waals surface area contributed by atoms with E-state index in [-0.39, 0.29) is 0 Å². The number of fused-ring (bicyclic) bond motifs is 1. The molecule has 0 unspecified atom stereocenters. The zero-order valence-corrected chi connectivity index (χ0v) is 15.9. The van der Waals surface area contributed by atoms with Crippen molar-refractivity contribution in [2.45, 2.75) is 19.3 Å². The molecule has 0 saturated carbocycles. The highest BCUT2D eigenvalue weighted by Crippen LogP contribution is 2.35. The predicted octanol–water partition coefficient (Wildman–Crippen LogP) is 5.48. The van der Waals surface area contributed by atoms with Crippen LogP contribution in [0, 0.1) is 3.57 Å². The fourth-order valence-electron chi connectivity index (χ4n) is 2.82. The second-order valence-corrected chi connectivity index (χ2v) is 7.49. The SMILES string of the molecule is NCCCCc1c(-c2ccccc2Br)[nH]c2ccc(I)cc12. The van der Waals surface area contributed by atoms with Gasteiger partial charge in [0.25, 0.3) is 0 Å². The van der Waals surface area contributed by atoms with E-state index in [9.17, 15) is 0 Å². The lowest BCUT2D eigenvalue weighted by Crippen LogP contribution is -1.99. The van der Waals surface area contributed by atoms with E-state index in [4.69, 9.17) is 5.73 Å². The number of hydrogen-bond donors (Lipinski definition) is 2. The Labute approximate surface area is 152 Å². The number of nitrogens with one attached hydrogen (secondary N) is 1. The van der Waals surface area contributed by atoms with Crippen LogP contribution in [0.15, 0.2) is 46.9 Å². The molecule has 3 aromatic rings. The summed E-state index contributed by atoms with van der Waals surface area (Å²) >= 11 is 6.06. The summed E-state index contributed by atoms with van der Waals surface area (Å²) in [5.74, 6) is 0. The van der Waals surface area contributed by atoms with Crippen molar-refractivity contribution < 1.29 is 0 Å². The molecule has 3 rings (SSSR count). The molecule has 1 heterocycles. The van der Waals surface area contributed by atoms with Gasteiger partial charge in [-0.1, -0.05) is 34.1 Å². The predicted molar refractivity (Wildman–Crippen MR) is 106 cm³/mol. The quantitative estimate of drug-likeness (QED) is 0.377. The number of nitrogens with two attached hydrogens (primary N) is 1. The molecule has 114 valence electrons. The number of unbranched alkanes of at least 4 members (excludes halogenated alkanes) is 1. The standard InChI is InChI=1S/C18H18BrIN2/c19-16-7-2-1-6-14(16)18-13(5-3-4-10-21)15-11-12(20)8-9-17(15)22-18/h1-2,6-9,11,22H,3-5,10,21H2. The highest BCUT2D eigenvalue weighted by atomic mass is 127. The Hall–Kier alpha value is -0.850. The summed E-state index contributed by atoms with van der Waals surface area (Å²) in [6, 6.07) is 15.0. The molecule has 0 atom stereocenters. The van der Waals surface area contributed by atoms with E-state index in [0.29, 0.717) is 0 Å². The molecule has 0 saturated heterocycles. The maximum Gasteiger partial charge on any atom is 0.0508 e. The summed E-state index contributed by atoms with van der Waals surface area (Å²) in [5, 5.41) is 1.33. The number of halogens is 2. The largest absolute Gasteiger partial charge is 0.354 e. The number of benzene rings is 2. The second-order valence-electron chi connectivity index (χ2n) is 5.39. The van der Waals surface area contributed by atoms with Crippen LogP contribution < -0.4 is 5.73 Å². The van der Waals surface area contributed by atoms with Crippen molar-refractivity contribution in [3.63, 3.8) is 0 Å². The Bertz CT molecular complexity index is 795. The van der Waals surface area contributed by atoms with E-state index in [0.717, 1.165) is 30.3 Å². The molecular formula is C18H18BrIN2. The van der Waals surface area contributed by atoms with Crippen LogP contribution in [-0.2, 0) is 6.42 Å². The molecule has 3 N–H and O–H groups in total. The number of rotatable bonds is 5. The Morgan fingerprint density at radius 2 is 1.91 bits per heavy atom. The molecule has 22 heavy (non-hydrogen) atoms. The lowest BCUT2D eigenvalue weighted by atomic mass is 10.0. The fraction of sp³-hybridized carbons (Fsp3) is 0.222. The number of aryl methyl sites for hydroxylation is 1. The summed E-state index contributed by atoms with van der Waals surface area (Å²) < 4.78 is 2.39. The van der Waals surface area contributed by atoms with Gasteiger partial charge >= 0.3 is 0 Å². The van der Waals surface area contributed by atoms with E-state index in [1.807, 2.05) is 6.07 Å². The monoisotopic (exact) mass is 468 g/mol. The van der Waals surface area contributed by atoms with Gasteiger partial charge in [0.2, 0.25) is 0 Å². The van der Waals surface area contributed by atoms with Crippen molar-refractivity contribution in [3.05, 3.63) is 56.1 Å². The van der Waals surface area contributed by atoms with Gasteiger partial charge in [-0.3, -0.25) is 0 Å². The molecule has 0 aliphatic carbocycles. The smallest absolute Gasteiger partial charge is 0.0508 e. The zero-order chi connectivity index (χ0) is 15.5. The Morgan fingerprint density at radius 3 is 2.68 bits per heavy atom. The zero-order valence-electron chi connectivity index (χ0n) is 12.2. The van der Waals surface area contributed by atoms with Gasteiger partial charge in [-0.25, -0.2) is 0 Å². The normalized spacial score (nSPS) is 11.2. The van der Waals surface area contributed by atoms with Crippen LogP contribution in [-0.4, -0.2) is 11.5 Å². The van der Waals surface area contributed by atoms with E-state index in [1.165, 1.54) is 31.3 Å². The van der Waals surface area contributed by atoms with Crippen LogP contribution in [0.2, 0.25) is 0 Å². The van der Waals surface area contributed by atoms with Crippen molar-refractivity contribution in [2.24, 2.45) is 5.73 Å². The minimum absolute atomic E-state index is 0.754. The van der Waals surface area contributed by atoms with Crippen LogP contribution in [0.5, 0.6) is 0 Å². The van der Waals surface area contributed by atoms with E-state index in [2.05, 4.69) is 79.9 Å².